The first-order valence-corrected chi connectivity index (χ1v) is 14.0. The number of amides is 1. The highest BCUT2D eigenvalue weighted by Crippen LogP contribution is 2.43. The fourth-order valence-corrected chi connectivity index (χ4v) is 6.46. The highest BCUT2D eigenvalue weighted by molar-refractivity contribution is 7.98. The predicted octanol–water partition coefficient (Wildman–Crippen LogP) is 5.05. The van der Waals surface area contributed by atoms with E-state index in [0.717, 1.165) is 11.0 Å². The molecule has 1 fully saturated rings. The number of hydrogen-bond donors (Lipinski definition) is 2. The zero-order valence-electron chi connectivity index (χ0n) is 18.9. The monoisotopic (exact) mass is 562 g/mol. The van der Waals surface area contributed by atoms with Crippen molar-refractivity contribution in [1.82, 2.24) is 10.3 Å². The number of carboxylic acid groups (broad SMARTS) is 1. The summed E-state index contributed by atoms with van der Waals surface area (Å²) in [6, 6.07) is 6.32. The Bertz CT molecular complexity index is 1270. The number of hydrazine groups is 1. The summed E-state index contributed by atoms with van der Waals surface area (Å²) in [5.41, 5.74) is 1.02. The minimum absolute atomic E-state index is 0.0331. The van der Waals surface area contributed by atoms with E-state index >= 15 is 0 Å². The zero-order valence-corrected chi connectivity index (χ0v) is 21.3. The van der Waals surface area contributed by atoms with Gasteiger partial charge in [0.05, 0.1) is 32.8 Å². The average molecular weight is 563 g/mol. The molecule has 2 aromatic carbocycles. The molecule has 8 nitrogen and oxygen atoms in total. The molecule has 1 amide bonds. The van der Waals surface area contributed by atoms with Crippen molar-refractivity contribution in [3.8, 4) is 17.3 Å². The number of hydrogen-bond acceptors (Lipinski definition) is 7. The summed E-state index contributed by atoms with van der Waals surface area (Å²) in [5.74, 6) is -0.244. The van der Waals surface area contributed by atoms with Gasteiger partial charge in [0, 0.05) is 18.2 Å². The summed E-state index contributed by atoms with van der Waals surface area (Å²) >= 11 is 7.56. The van der Waals surface area contributed by atoms with Gasteiger partial charge in [-0.25, -0.2) is 18.6 Å². The number of anilines is 1. The lowest BCUT2D eigenvalue weighted by Gasteiger charge is -2.24. The highest BCUT2D eigenvalue weighted by Gasteiger charge is 2.36. The molecule has 1 heterocycles. The Labute approximate surface area is 215 Å². The van der Waals surface area contributed by atoms with Gasteiger partial charge in [-0.15, -0.1) is 11.8 Å². The van der Waals surface area contributed by atoms with Crippen LogP contribution >= 0.6 is 23.4 Å². The van der Waals surface area contributed by atoms with Crippen LogP contribution in [0.2, 0.25) is 5.02 Å². The van der Waals surface area contributed by atoms with Crippen molar-refractivity contribution < 1.29 is 31.5 Å². The van der Waals surface area contributed by atoms with Crippen LogP contribution in [0.25, 0.3) is 11.1 Å². The maximum Gasteiger partial charge on any atom is 0.417 e. The lowest BCUT2D eigenvalue weighted by atomic mass is 9.98. The van der Waals surface area contributed by atoms with Crippen LogP contribution in [-0.4, -0.2) is 55.0 Å². The number of rotatable bonds is 8. The van der Waals surface area contributed by atoms with Crippen molar-refractivity contribution in [3.63, 3.8) is 0 Å². The van der Waals surface area contributed by atoms with Crippen LogP contribution in [0.1, 0.15) is 18.4 Å². The summed E-state index contributed by atoms with van der Waals surface area (Å²) in [4.78, 5) is 12.3. The van der Waals surface area contributed by atoms with Gasteiger partial charge in [0.1, 0.15) is 0 Å². The van der Waals surface area contributed by atoms with Gasteiger partial charge < -0.3 is 10.0 Å². The Balaban J connectivity index is 1.98. The van der Waals surface area contributed by atoms with Crippen molar-refractivity contribution >= 4 is 45.0 Å². The quantitative estimate of drug-likeness (QED) is 0.199. The lowest BCUT2D eigenvalue weighted by molar-refractivity contribution is -0.137. The molecule has 36 heavy (non-hydrogen) atoms. The molecule has 1 aliphatic rings. The molecule has 3 rings (SSSR count). The molecule has 194 valence electrons. The fourth-order valence-electron chi connectivity index (χ4n) is 4.07. The molecule has 1 aliphatic heterocycles. The van der Waals surface area contributed by atoms with E-state index in [1.165, 1.54) is 47.1 Å². The van der Waals surface area contributed by atoms with E-state index in [1.807, 2.05) is 0 Å². The molecular weight excluding hydrogens is 541 g/mol. The molecule has 0 aliphatic carbocycles. The predicted molar refractivity (Wildman–Crippen MR) is 131 cm³/mol. The summed E-state index contributed by atoms with van der Waals surface area (Å²) < 4.78 is 67.8. The van der Waals surface area contributed by atoms with Gasteiger partial charge in [-0.2, -0.15) is 18.4 Å². The Kier molecular flexibility index (Phi) is 8.53. The van der Waals surface area contributed by atoms with E-state index < -0.39 is 39.5 Å². The van der Waals surface area contributed by atoms with Crippen LogP contribution in [0.15, 0.2) is 41.3 Å². The highest BCUT2D eigenvalue weighted by atomic mass is 35.5. The van der Waals surface area contributed by atoms with Gasteiger partial charge in [0.25, 0.3) is 0 Å². The number of sulfone groups is 1. The third-order valence-corrected chi connectivity index (χ3v) is 8.30. The molecule has 0 radical (unpaired) electrons. The van der Waals surface area contributed by atoms with Gasteiger partial charge >= 0.3 is 12.3 Å². The maximum absolute atomic E-state index is 14.0. The number of carbonyl (C=O) groups is 1. The topological polar surface area (TPSA) is 114 Å². The van der Waals surface area contributed by atoms with Gasteiger partial charge in [0.15, 0.2) is 16.0 Å². The Morgan fingerprint density at radius 3 is 2.56 bits per heavy atom. The van der Waals surface area contributed by atoms with Crippen molar-refractivity contribution in [2.45, 2.75) is 30.0 Å². The molecule has 14 heteroatoms. The minimum Gasteiger partial charge on any atom is -0.465 e. The Morgan fingerprint density at radius 2 is 2.00 bits per heavy atom. The van der Waals surface area contributed by atoms with Gasteiger partial charge in [0.2, 0.25) is 0 Å². The minimum atomic E-state index is -4.79. The van der Waals surface area contributed by atoms with Crippen molar-refractivity contribution in [2.24, 2.45) is 0 Å². The van der Waals surface area contributed by atoms with E-state index in [2.05, 4.69) is 5.43 Å². The van der Waals surface area contributed by atoms with Crippen LogP contribution in [0.4, 0.5) is 23.7 Å². The van der Waals surface area contributed by atoms with Crippen molar-refractivity contribution in [2.75, 3.05) is 29.4 Å². The maximum atomic E-state index is 14.0. The number of thioether (sulfide) groups is 1. The van der Waals surface area contributed by atoms with Gasteiger partial charge in [-0.05, 0) is 48.9 Å². The summed E-state index contributed by atoms with van der Waals surface area (Å²) in [7, 11) is -3.90. The van der Waals surface area contributed by atoms with Crippen molar-refractivity contribution in [3.05, 3.63) is 47.0 Å². The molecule has 2 N–H and O–H groups in total. The lowest BCUT2D eigenvalue weighted by Crippen LogP contribution is -2.38. The van der Waals surface area contributed by atoms with Crippen LogP contribution < -0.4 is 10.4 Å². The number of likely N-dealkylation sites (tertiary alicyclic amines) is 1. The number of halogens is 4. The first kappa shape index (κ1) is 27.8. The van der Waals surface area contributed by atoms with E-state index in [1.54, 1.807) is 12.4 Å². The van der Waals surface area contributed by atoms with Crippen LogP contribution in [0.5, 0.6) is 0 Å². The smallest absolute Gasteiger partial charge is 0.417 e. The Morgan fingerprint density at radius 1 is 1.33 bits per heavy atom. The zero-order chi connectivity index (χ0) is 26.7. The van der Waals surface area contributed by atoms with Gasteiger partial charge in [-0.3, -0.25) is 5.01 Å². The molecule has 0 saturated carbocycles. The Hall–Kier alpha value is -2.82. The standard InChI is InChI=1S/C22H22ClF3N4O4S2/c1-35-13-30(28-12-27)16-9-18(22(24,25)26)20(19(23)10-16)14-4-6-17(7-5-14)36(33,34)11-15-3-2-8-29(15)21(31)32/h4-7,9-10,15,28H,2-3,8,11,13H2,1H3,(H,31,32). The first-order chi connectivity index (χ1) is 16.9. The SMILES string of the molecule is CSCN(NC#N)c1cc(Cl)c(-c2ccc(S(=O)(=O)CC3CCCN3C(=O)O)cc2)c(C(F)(F)F)c1. The third kappa shape index (κ3) is 6.11. The second kappa shape index (κ2) is 11.1. The number of nitrogens with zero attached hydrogens (tertiary/aromatic N) is 3. The second-order valence-electron chi connectivity index (χ2n) is 8.00. The number of nitriles is 1. The molecule has 0 aromatic heterocycles. The molecule has 1 unspecified atom stereocenters. The summed E-state index contributed by atoms with van der Waals surface area (Å²) in [6.07, 6.45) is -1.63. The van der Waals surface area contributed by atoms with E-state index in [-0.39, 0.29) is 39.2 Å². The third-order valence-electron chi connectivity index (χ3n) is 5.67. The number of alkyl halides is 3. The molecule has 1 saturated heterocycles. The van der Waals surface area contributed by atoms with Crippen molar-refractivity contribution in [1.29, 1.82) is 5.26 Å². The molecule has 1 atom stereocenters. The van der Waals surface area contributed by atoms with Crippen LogP contribution in [0.3, 0.4) is 0 Å². The van der Waals surface area contributed by atoms with Gasteiger partial charge in [-0.1, -0.05) is 23.7 Å². The average Bonchev–Trinajstić information content (AvgIpc) is 3.25. The normalized spacial score (nSPS) is 16.0. The second-order valence-corrected chi connectivity index (χ2v) is 11.3. The largest absolute Gasteiger partial charge is 0.465 e. The van der Waals surface area contributed by atoms with Crippen LogP contribution in [0, 0.1) is 11.5 Å². The first-order valence-electron chi connectivity index (χ1n) is 10.5. The van der Waals surface area contributed by atoms with Crippen LogP contribution in [-0.2, 0) is 16.0 Å². The molecule has 2 aromatic rings. The molecular formula is C22H22ClF3N4O4S2. The molecule has 0 spiro atoms. The fraction of sp³-hybridized carbons (Fsp3) is 0.364. The van der Waals surface area contributed by atoms with E-state index in [9.17, 15) is 31.5 Å². The molecule has 0 bridgehead atoms. The number of benzene rings is 2. The number of nitrogens with one attached hydrogen (secondary N) is 1. The van der Waals surface area contributed by atoms with E-state index in [0.29, 0.717) is 12.8 Å². The summed E-state index contributed by atoms with van der Waals surface area (Å²) in [5, 5.41) is 19.2. The summed E-state index contributed by atoms with van der Waals surface area (Å²) in [6.45, 7) is 0.251. The van der Waals surface area contributed by atoms with E-state index in [4.69, 9.17) is 16.9 Å².